The number of anilines is 1. The fourth-order valence-corrected chi connectivity index (χ4v) is 3.85. The van der Waals surface area contributed by atoms with Gasteiger partial charge in [-0.05, 0) is 49.9 Å². The van der Waals surface area contributed by atoms with Crippen LogP contribution in [-0.2, 0) is 6.42 Å². The monoisotopic (exact) mass is 357 g/mol. The summed E-state index contributed by atoms with van der Waals surface area (Å²) < 4.78 is 5.91. The Morgan fingerprint density at radius 2 is 1.92 bits per heavy atom. The molecule has 0 radical (unpaired) electrons. The van der Waals surface area contributed by atoms with Crippen molar-refractivity contribution in [1.29, 1.82) is 0 Å². The molecule has 1 atom stereocenters. The topological polar surface area (TPSA) is 50.1 Å². The molecule has 0 spiro atoms. The largest absolute Gasteiger partial charge is 0.424 e. The van der Waals surface area contributed by atoms with Gasteiger partial charge >= 0.3 is 0 Å². The molecule has 0 bridgehead atoms. The van der Waals surface area contributed by atoms with E-state index >= 15 is 0 Å². The number of nitrogens with one attached hydrogen (secondary N) is 2. The first kappa shape index (κ1) is 19.2. The summed E-state index contributed by atoms with van der Waals surface area (Å²) in [5.74, 6) is 0.682. The second kappa shape index (κ2) is 10.6. The van der Waals surface area contributed by atoms with Crippen LogP contribution in [0.1, 0.15) is 70.3 Å². The summed E-state index contributed by atoms with van der Waals surface area (Å²) in [5.41, 5.74) is 3.28. The second-order valence-electron chi connectivity index (χ2n) is 7.75. The van der Waals surface area contributed by atoms with Gasteiger partial charge in [0.25, 0.3) is 6.01 Å². The lowest BCUT2D eigenvalue weighted by atomic mass is 10.0. The molecular weight excluding hydrogens is 322 g/mol. The highest BCUT2D eigenvalue weighted by atomic mass is 16.4. The molecule has 2 heterocycles. The van der Waals surface area contributed by atoms with E-state index in [4.69, 9.17) is 9.40 Å². The van der Waals surface area contributed by atoms with E-state index < -0.39 is 0 Å². The summed E-state index contributed by atoms with van der Waals surface area (Å²) in [6.45, 7) is 5.43. The average molecular weight is 358 g/mol. The first-order valence-corrected chi connectivity index (χ1v) is 10.7. The summed E-state index contributed by atoms with van der Waals surface area (Å²) in [7, 11) is 0. The van der Waals surface area contributed by atoms with Crippen molar-refractivity contribution in [2.45, 2.75) is 71.1 Å². The Hall–Kier alpha value is -1.55. The molecule has 2 N–H and O–H groups in total. The van der Waals surface area contributed by atoms with Gasteiger partial charge in [0.2, 0.25) is 0 Å². The van der Waals surface area contributed by atoms with Gasteiger partial charge in [-0.25, -0.2) is 0 Å². The SMILES string of the molecule is CCCCCCCCCCc1cccc2oc(NC[C@H]3CCNC3)nc12. The molecule has 0 saturated carbocycles. The van der Waals surface area contributed by atoms with Crippen LogP contribution in [0.15, 0.2) is 22.6 Å². The zero-order valence-electron chi connectivity index (χ0n) is 16.4. The van der Waals surface area contributed by atoms with E-state index in [2.05, 4.69) is 29.7 Å². The molecule has 2 aromatic rings. The van der Waals surface area contributed by atoms with Gasteiger partial charge in [0.1, 0.15) is 5.52 Å². The highest BCUT2D eigenvalue weighted by Crippen LogP contribution is 2.24. The van der Waals surface area contributed by atoms with E-state index in [1.54, 1.807) is 0 Å². The Bertz CT molecular complexity index is 646. The van der Waals surface area contributed by atoms with Gasteiger partial charge in [0.15, 0.2) is 5.58 Å². The van der Waals surface area contributed by atoms with Gasteiger partial charge in [-0.2, -0.15) is 4.98 Å². The van der Waals surface area contributed by atoms with E-state index in [0.29, 0.717) is 11.9 Å². The molecule has 4 heteroatoms. The van der Waals surface area contributed by atoms with Gasteiger partial charge in [0.05, 0.1) is 0 Å². The number of aryl methyl sites for hydroxylation is 1. The predicted octanol–water partition coefficient (Wildman–Crippen LogP) is 5.53. The molecule has 1 aliphatic heterocycles. The van der Waals surface area contributed by atoms with Crippen LogP contribution < -0.4 is 10.6 Å². The van der Waals surface area contributed by atoms with Crippen molar-refractivity contribution >= 4 is 17.1 Å². The zero-order valence-corrected chi connectivity index (χ0v) is 16.4. The fourth-order valence-electron chi connectivity index (χ4n) is 3.85. The maximum atomic E-state index is 5.91. The van der Waals surface area contributed by atoms with Crippen molar-refractivity contribution in [3.05, 3.63) is 23.8 Å². The molecular formula is C22H35N3O. The van der Waals surface area contributed by atoms with E-state index in [0.717, 1.165) is 37.2 Å². The minimum Gasteiger partial charge on any atom is -0.424 e. The number of fused-ring (bicyclic) bond motifs is 1. The van der Waals surface area contributed by atoms with Crippen LogP contribution in [0.2, 0.25) is 0 Å². The minimum absolute atomic E-state index is 0.676. The summed E-state index contributed by atoms with van der Waals surface area (Å²) in [4.78, 5) is 4.72. The molecule has 1 fully saturated rings. The number of hydrogen-bond acceptors (Lipinski definition) is 4. The van der Waals surface area contributed by atoms with E-state index in [9.17, 15) is 0 Å². The van der Waals surface area contributed by atoms with Gasteiger partial charge in [-0.1, -0.05) is 64.0 Å². The van der Waals surface area contributed by atoms with Crippen LogP contribution in [0, 0.1) is 5.92 Å². The predicted molar refractivity (Wildman–Crippen MR) is 110 cm³/mol. The van der Waals surface area contributed by atoms with Gasteiger partial charge in [-0.15, -0.1) is 0 Å². The molecule has 0 unspecified atom stereocenters. The molecule has 26 heavy (non-hydrogen) atoms. The lowest BCUT2D eigenvalue weighted by molar-refractivity contribution is 0.574. The number of nitrogens with zero attached hydrogens (tertiary/aromatic N) is 1. The summed E-state index contributed by atoms with van der Waals surface area (Å²) in [6.07, 6.45) is 13.2. The highest BCUT2D eigenvalue weighted by molar-refractivity contribution is 5.78. The molecule has 1 aromatic heterocycles. The quantitative estimate of drug-likeness (QED) is 0.490. The molecule has 0 aliphatic carbocycles. The number of para-hydroxylation sites is 1. The van der Waals surface area contributed by atoms with E-state index in [1.807, 2.05) is 6.07 Å². The van der Waals surface area contributed by atoms with Crippen LogP contribution in [0.25, 0.3) is 11.1 Å². The average Bonchev–Trinajstić information content (AvgIpc) is 3.31. The summed E-state index contributed by atoms with van der Waals surface area (Å²) >= 11 is 0. The van der Waals surface area contributed by atoms with Crippen LogP contribution in [-0.4, -0.2) is 24.6 Å². The van der Waals surface area contributed by atoms with Crippen molar-refractivity contribution in [1.82, 2.24) is 10.3 Å². The number of benzene rings is 1. The van der Waals surface area contributed by atoms with Crippen molar-refractivity contribution in [2.75, 3.05) is 25.0 Å². The van der Waals surface area contributed by atoms with E-state index in [-0.39, 0.29) is 0 Å². The van der Waals surface area contributed by atoms with E-state index in [1.165, 1.54) is 63.4 Å². The number of unbranched alkanes of at least 4 members (excludes halogenated alkanes) is 7. The lowest BCUT2D eigenvalue weighted by Crippen LogP contribution is -2.17. The number of rotatable bonds is 12. The Morgan fingerprint density at radius 3 is 2.69 bits per heavy atom. The third kappa shape index (κ3) is 5.73. The van der Waals surface area contributed by atoms with Crippen molar-refractivity contribution in [2.24, 2.45) is 5.92 Å². The van der Waals surface area contributed by atoms with Gasteiger partial charge < -0.3 is 15.1 Å². The minimum atomic E-state index is 0.676. The fraction of sp³-hybridized carbons (Fsp3) is 0.682. The molecule has 1 saturated heterocycles. The molecule has 1 aliphatic rings. The zero-order chi connectivity index (χ0) is 18.0. The molecule has 0 amide bonds. The van der Waals surface area contributed by atoms with Crippen molar-refractivity contribution < 1.29 is 4.42 Å². The maximum absolute atomic E-state index is 5.91. The van der Waals surface area contributed by atoms with Gasteiger partial charge in [-0.3, -0.25) is 0 Å². The highest BCUT2D eigenvalue weighted by Gasteiger charge is 2.15. The standard InChI is InChI=1S/C22H35N3O/c1-2-3-4-5-6-7-8-9-11-19-12-10-13-20-21(19)25-22(26-20)24-17-18-14-15-23-16-18/h10,12-13,18,23H,2-9,11,14-17H2,1H3,(H,24,25)/t18-/m0/s1. The van der Waals surface area contributed by atoms with Crippen LogP contribution in [0.3, 0.4) is 0 Å². The maximum Gasteiger partial charge on any atom is 0.295 e. The Morgan fingerprint density at radius 1 is 1.12 bits per heavy atom. The Labute approximate surface area is 158 Å². The molecule has 4 nitrogen and oxygen atoms in total. The molecule has 144 valence electrons. The lowest BCUT2D eigenvalue weighted by Gasteiger charge is -2.07. The molecule has 3 rings (SSSR count). The normalized spacial score (nSPS) is 17.2. The Balaban J connectivity index is 1.44. The first-order valence-electron chi connectivity index (χ1n) is 10.7. The third-order valence-corrected chi connectivity index (χ3v) is 5.51. The summed E-state index contributed by atoms with van der Waals surface area (Å²) in [5, 5.41) is 6.79. The first-order chi connectivity index (χ1) is 12.9. The van der Waals surface area contributed by atoms with Crippen LogP contribution >= 0.6 is 0 Å². The molecule has 1 aromatic carbocycles. The summed E-state index contributed by atoms with van der Waals surface area (Å²) in [6, 6.07) is 7.01. The van der Waals surface area contributed by atoms with Crippen LogP contribution in [0.5, 0.6) is 0 Å². The van der Waals surface area contributed by atoms with Crippen molar-refractivity contribution in [3.8, 4) is 0 Å². The Kier molecular flexibility index (Phi) is 7.81. The smallest absolute Gasteiger partial charge is 0.295 e. The number of oxazole rings is 1. The number of aromatic nitrogens is 1. The second-order valence-corrected chi connectivity index (χ2v) is 7.75. The van der Waals surface area contributed by atoms with Gasteiger partial charge in [0, 0.05) is 6.54 Å². The van der Waals surface area contributed by atoms with Crippen molar-refractivity contribution in [3.63, 3.8) is 0 Å². The van der Waals surface area contributed by atoms with Crippen LogP contribution in [0.4, 0.5) is 6.01 Å². The third-order valence-electron chi connectivity index (χ3n) is 5.51. The number of hydrogen-bond donors (Lipinski definition) is 2.